The number of aromatic amines is 1. The highest BCUT2D eigenvalue weighted by Crippen LogP contribution is 2.36. The molecule has 2 aromatic carbocycles. The van der Waals surface area contributed by atoms with Gasteiger partial charge in [-0.15, -0.1) is 0 Å². The molecule has 4 rings (SSSR count). The topological polar surface area (TPSA) is 53.5 Å². The van der Waals surface area contributed by atoms with E-state index in [9.17, 15) is 4.39 Å². The molecule has 1 N–H and O–H groups in total. The number of nitrogens with zero attached hydrogens (tertiary/aromatic N) is 3. The van der Waals surface area contributed by atoms with Crippen molar-refractivity contribution in [2.45, 2.75) is 32.4 Å². The fourth-order valence-corrected chi connectivity index (χ4v) is 3.65. The van der Waals surface area contributed by atoms with Crippen LogP contribution in [0.1, 0.15) is 29.7 Å². The summed E-state index contributed by atoms with van der Waals surface area (Å²) in [6, 6.07) is 12.8. The van der Waals surface area contributed by atoms with Gasteiger partial charge in [0.2, 0.25) is 0 Å². The predicted molar refractivity (Wildman–Crippen MR) is 123 cm³/mol. The molecular weight excluding hydrogens is 391 g/mol. The molecule has 6 heteroatoms. The third-order valence-electron chi connectivity index (χ3n) is 5.29. The third-order valence-corrected chi connectivity index (χ3v) is 5.29. The molecule has 0 spiro atoms. The van der Waals surface area contributed by atoms with Crippen molar-refractivity contribution in [2.75, 3.05) is 13.6 Å². The summed E-state index contributed by atoms with van der Waals surface area (Å²) in [4.78, 5) is 6.17. The van der Waals surface area contributed by atoms with Crippen LogP contribution in [0.25, 0.3) is 16.7 Å². The number of ether oxygens (including phenoxy) is 1. The van der Waals surface area contributed by atoms with Gasteiger partial charge in [-0.1, -0.05) is 24.3 Å². The molecule has 0 radical (unpaired) electrons. The summed E-state index contributed by atoms with van der Waals surface area (Å²) in [5.41, 5.74) is 5.94. The molecule has 0 unspecified atom stereocenters. The van der Waals surface area contributed by atoms with Crippen LogP contribution >= 0.6 is 0 Å². The number of nitrogens with one attached hydrogen (secondary N) is 1. The number of H-pyrrole nitrogens is 1. The Morgan fingerprint density at radius 2 is 2.16 bits per heavy atom. The average molecular weight is 419 g/mol. The van der Waals surface area contributed by atoms with Crippen LogP contribution in [0.2, 0.25) is 0 Å². The minimum atomic E-state index is -0.247. The van der Waals surface area contributed by atoms with Crippen LogP contribution in [0.4, 0.5) is 4.39 Å². The van der Waals surface area contributed by atoms with E-state index in [1.165, 1.54) is 6.07 Å². The Morgan fingerprint density at radius 1 is 1.32 bits per heavy atom. The molecule has 1 saturated carbocycles. The number of halogens is 1. The fraction of sp³-hybridized carbons (Fsp3) is 0.280. The summed E-state index contributed by atoms with van der Waals surface area (Å²) in [6.45, 7) is 7.03. The van der Waals surface area contributed by atoms with Crippen molar-refractivity contribution in [3.05, 3.63) is 77.5 Å². The number of aryl methyl sites for hydroxylation is 1. The van der Waals surface area contributed by atoms with E-state index in [4.69, 9.17) is 4.74 Å². The first-order valence-corrected chi connectivity index (χ1v) is 10.4. The lowest BCUT2D eigenvalue weighted by Gasteiger charge is -2.20. The maximum absolute atomic E-state index is 13.8. The van der Waals surface area contributed by atoms with E-state index in [0.29, 0.717) is 6.54 Å². The first kappa shape index (κ1) is 21.0. The van der Waals surface area contributed by atoms with E-state index in [1.54, 1.807) is 24.5 Å². The lowest BCUT2D eigenvalue weighted by atomic mass is 10.0. The highest BCUT2D eigenvalue weighted by molar-refractivity contribution is 5.71. The van der Waals surface area contributed by atoms with E-state index in [1.807, 2.05) is 19.1 Å². The first-order chi connectivity index (χ1) is 15.0. The molecule has 1 aliphatic rings. The van der Waals surface area contributed by atoms with E-state index in [-0.39, 0.29) is 11.9 Å². The van der Waals surface area contributed by atoms with Crippen LogP contribution in [0.3, 0.4) is 0 Å². The zero-order valence-electron chi connectivity index (χ0n) is 17.9. The molecule has 160 valence electrons. The van der Waals surface area contributed by atoms with E-state index >= 15 is 0 Å². The third kappa shape index (κ3) is 5.27. The van der Waals surface area contributed by atoms with Crippen LogP contribution in [0, 0.1) is 12.7 Å². The summed E-state index contributed by atoms with van der Waals surface area (Å²) >= 11 is 0. The molecule has 0 bridgehead atoms. The smallest absolute Gasteiger partial charge is 0.127 e. The fourth-order valence-electron chi connectivity index (χ4n) is 3.65. The molecule has 1 fully saturated rings. The van der Waals surface area contributed by atoms with Crippen molar-refractivity contribution >= 4 is 12.3 Å². The molecule has 1 aliphatic carbocycles. The Morgan fingerprint density at radius 3 is 2.84 bits per heavy atom. The monoisotopic (exact) mass is 418 g/mol. The van der Waals surface area contributed by atoms with Gasteiger partial charge in [-0.25, -0.2) is 4.39 Å². The van der Waals surface area contributed by atoms with Gasteiger partial charge in [0.05, 0.1) is 18.0 Å². The Hall–Kier alpha value is -3.25. The molecule has 0 atom stereocenters. The lowest BCUT2D eigenvalue weighted by Crippen LogP contribution is -2.20. The van der Waals surface area contributed by atoms with Crippen molar-refractivity contribution in [1.82, 2.24) is 15.1 Å². The number of likely N-dealkylation sites (N-methyl/N-ethyl adjacent to an activating group) is 1. The van der Waals surface area contributed by atoms with Crippen molar-refractivity contribution in [2.24, 2.45) is 4.99 Å². The lowest BCUT2D eigenvalue weighted by molar-refractivity contribution is 0.303. The normalized spacial score (nSPS) is 14.1. The quantitative estimate of drug-likeness (QED) is 0.484. The van der Waals surface area contributed by atoms with Crippen LogP contribution in [-0.2, 0) is 6.54 Å². The number of aromatic nitrogens is 2. The molecule has 1 aromatic heterocycles. The average Bonchev–Trinajstić information content (AvgIpc) is 3.45. The summed E-state index contributed by atoms with van der Waals surface area (Å²) < 4.78 is 19.9. The summed E-state index contributed by atoms with van der Waals surface area (Å²) in [5, 5.41) is 7.16. The number of hydrogen-bond acceptors (Lipinski definition) is 4. The van der Waals surface area contributed by atoms with Gasteiger partial charge in [0.25, 0.3) is 0 Å². The number of benzene rings is 2. The molecule has 31 heavy (non-hydrogen) atoms. The molecule has 0 saturated heterocycles. The van der Waals surface area contributed by atoms with Gasteiger partial charge in [0.1, 0.15) is 11.6 Å². The second kappa shape index (κ2) is 9.27. The van der Waals surface area contributed by atoms with Crippen molar-refractivity contribution < 1.29 is 9.13 Å². The first-order valence-electron chi connectivity index (χ1n) is 10.4. The Balaban J connectivity index is 1.54. The Kier molecular flexibility index (Phi) is 6.28. The van der Waals surface area contributed by atoms with Crippen LogP contribution in [-0.4, -0.2) is 41.5 Å². The molecule has 3 aromatic rings. The molecule has 5 nitrogen and oxygen atoms in total. The van der Waals surface area contributed by atoms with Gasteiger partial charge in [0, 0.05) is 30.4 Å². The number of hydrogen-bond donors (Lipinski definition) is 1. The van der Waals surface area contributed by atoms with Gasteiger partial charge in [-0.05, 0) is 68.4 Å². The highest BCUT2D eigenvalue weighted by atomic mass is 19.1. The largest absolute Gasteiger partial charge is 0.490 e. The molecular formula is C25H27FN4O. The van der Waals surface area contributed by atoms with Gasteiger partial charge in [-0.2, -0.15) is 5.10 Å². The van der Waals surface area contributed by atoms with E-state index in [0.717, 1.165) is 58.7 Å². The predicted octanol–water partition coefficient (Wildman–Crippen LogP) is 5.24. The number of aliphatic imine (C=N–C) groups is 1. The Labute approximate surface area is 182 Å². The van der Waals surface area contributed by atoms with E-state index < -0.39 is 0 Å². The van der Waals surface area contributed by atoms with Crippen LogP contribution in [0.5, 0.6) is 5.75 Å². The second-order valence-corrected chi connectivity index (χ2v) is 8.10. The maximum Gasteiger partial charge on any atom is 0.127 e. The van der Waals surface area contributed by atoms with Gasteiger partial charge in [0.15, 0.2) is 0 Å². The van der Waals surface area contributed by atoms with Crippen LogP contribution in [0.15, 0.2) is 59.9 Å². The van der Waals surface area contributed by atoms with Crippen molar-refractivity contribution in [1.29, 1.82) is 0 Å². The SMILES string of the molecule is C=N/C=C(/CN(C)Cc1ccc(-c2cccc(F)c2)c(OC2CC2)c1)c1[nH]ncc1C. The molecule has 1 heterocycles. The zero-order valence-corrected chi connectivity index (χ0v) is 17.9. The highest BCUT2D eigenvalue weighted by Gasteiger charge is 2.25. The van der Waals surface area contributed by atoms with Crippen molar-refractivity contribution in [3.63, 3.8) is 0 Å². The molecule has 0 amide bonds. The van der Waals surface area contributed by atoms with Gasteiger partial charge >= 0.3 is 0 Å². The van der Waals surface area contributed by atoms with Gasteiger partial charge < -0.3 is 4.74 Å². The summed E-state index contributed by atoms with van der Waals surface area (Å²) in [7, 11) is 2.06. The standard InChI is InChI=1S/C25H27FN4O/c1-17-13-28-29-25(17)20(14-27-2)16-30(3)15-18-7-10-23(19-5-4-6-21(26)12-19)24(11-18)31-22-8-9-22/h4-7,10-14,22H,2,8-9,15-16H2,1,3H3,(H,28,29)/b20-14-. The van der Waals surface area contributed by atoms with Crippen molar-refractivity contribution in [3.8, 4) is 16.9 Å². The Bertz CT molecular complexity index is 1100. The number of rotatable bonds is 9. The summed E-state index contributed by atoms with van der Waals surface area (Å²) in [5.74, 6) is 0.565. The van der Waals surface area contributed by atoms with Crippen LogP contribution < -0.4 is 4.74 Å². The summed E-state index contributed by atoms with van der Waals surface area (Å²) in [6.07, 6.45) is 5.97. The zero-order chi connectivity index (χ0) is 21.8. The minimum absolute atomic E-state index is 0.247. The molecule has 0 aliphatic heterocycles. The maximum atomic E-state index is 13.8. The van der Waals surface area contributed by atoms with E-state index in [2.05, 4.69) is 46.0 Å². The minimum Gasteiger partial charge on any atom is -0.490 e. The second-order valence-electron chi connectivity index (χ2n) is 8.10. The van der Waals surface area contributed by atoms with Gasteiger partial charge in [-0.3, -0.25) is 15.0 Å².